The summed E-state index contributed by atoms with van der Waals surface area (Å²) in [4.78, 5) is 0. The summed E-state index contributed by atoms with van der Waals surface area (Å²) < 4.78 is 27.6. The maximum Gasteiger partial charge on any atom is 0.387 e. The number of hydrogen-bond donors (Lipinski definition) is 1. The highest BCUT2D eigenvalue weighted by Crippen LogP contribution is 2.16. The van der Waals surface area contributed by atoms with Gasteiger partial charge in [-0.2, -0.15) is 8.78 Å². The third kappa shape index (κ3) is 2.85. The van der Waals surface area contributed by atoms with E-state index in [2.05, 4.69) is 9.89 Å². The predicted octanol–water partition coefficient (Wildman–Crippen LogP) is 2.66. The van der Waals surface area contributed by atoms with E-state index in [1.165, 1.54) is 24.3 Å². The molecule has 1 aromatic rings. The molecule has 0 heterocycles. The summed E-state index contributed by atoms with van der Waals surface area (Å²) in [7, 11) is 0. The zero-order valence-corrected chi connectivity index (χ0v) is 7.58. The standard InChI is InChI=1S/C8H6ClF2NO2/c9-7(12-13)5-1-3-6(4-2-5)14-8(10)11/h1-4,8,13H/b12-7+. The number of benzene rings is 1. The van der Waals surface area contributed by atoms with Crippen molar-refractivity contribution in [2.45, 2.75) is 6.61 Å². The Bertz CT molecular complexity index is 327. The Hall–Kier alpha value is -1.36. The van der Waals surface area contributed by atoms with Crippen molar-refractivity contribution in [3.63, 3.8) is 0 Å². The number of nitrogens with zero attached hydrogens (tertiary/aromatic N) is 1. The zero-order valence-electron chi connectivity index (χ0n) is 6.82. The molecule has 1 N–H and O–H groups in total. The van der Waals surface area contributed by atoms with E-state index >= 15 is 0 Å². The number of oxime groups is 1. The molecule has 0 bridgehead atoms. The summed E-state index contributed by atoms with van der Waals surface area (Å²) >= 11 is 5.46. The molecule has 1 rings (SSSR count). The van der Waals surface area contributed by atoms with E-state index in [-0.39, 0.29) is 10.9 Å². The van der Waals surface area contributed by atoms with Crippen molar-refractivity contribution in [2.24, 2.45) is 5.16 Å². The first-order valence-corrected chi connectivity index (χ1v) is 3.94. The normalized spacial score (nSPS) is 11.9. The van der Waals surface area contributed by atoms with Gasteiger partial charge in [-0.15, -0.1) is 0 Å². The Kier molecular flexibility index (Phi) is 3.64. The van der Waals surface area contributed by atoms with Crippen LogP contribution < -0.4 is 4.74 Å². The summed E-state index contributed by atoms with van der Waals surface area (Å²) in [5.41, 5.74) is 0.413. The molecule has 6 heteroatoms. The lowest BCUT2D eigenvalue weighted by molar-refractivity contribution is -0.0498. The minimum atomic E-state index is -2.86. The second-order valence-electron chi connectivity index (χ2n) is 2.29. The molecule has 0 fully saturated rings. The van der Waals surface area contributed by atoms with E-state index in [0.29, 0.717) is 5.56 Å². The highest BCUT2D eigenvalue weighted by molar-refractivity contribution is 6.69. The van der Waals surface area contributed by atoms with Crippen molar-refractivity contribution in [3.05, 3.63) is 29.8 Å². The number of alkyl halides is 2. The fourth-order valence-electron chi connectivity index (χ4n) is 0.832. The molecule has 0 aliphatic rings. The van der Waals surface area contributed by atoms with Crippen molar-refractivity contribution in [2.75, 3.05) is 0 Å². The van der Waals surface area contributed by atoms with E-state index in [4.69, 9.17) is 16.8 Å². The van der Waals surface area contributed by atoms with E-state index in [1.807, 2.05) is 0 Å². The van der Waals surface area contributed by atoms with Gasteiger partial charge in [0.1, 0.15) is 5.75 Å². The van der Waals surface area contributed by atoms with E-state index < -0.39 is 6.61 Å². The average Bonchev–Trinajstić information content (AvgIpc) is 2.17. The molecule has 0 saturated carbocycles. The molecule has 0 unspecified atom stereocenters. The first kappa shape index (κ1) is 10.7. The Labute approximate surface area is 83.6 Å². The first-order valence-electron chi connectivity index (χ1n) is 3.56. The Morgan fingerprint density at radius 2 is 1.93 bits per heavy atom. The summed E-state index contributed by atoms with van der Waals surface area (Å²) in [5.74, 6) is 0.0196. The van der Waals surface area contributed by atoms with Gasteiger partial charge in [-0.25, -0.2) is 0 Å². The van der Waals surface area contributed by atoms with Crippen molar-refractivity contribution >= 4 is 16.8 Å². The summed E-state index contributed by atoms with van der Waals surface area (Å²) in [6.45, 7) is -2.86. The van der Waals surface area contributed by atoms with Crippen LogP contribution in [0, 0.1) is 0 Å². The third-order valence-corrected chi connectivity index (χ3v) is 1.70. The molecule has 1 aromatic carbocycles. The van der Waals surface area contributed by atoms with Gasteiger partial charge >= 0.3 is 6.61 Å². The minimum absolute atomic E-state index is 0.0196. The van der Waals surface area contributed by atoms with Crippen molar-refractivity contribution < 1.29 is 18.7 Å². The lowest BCUT2D eigenvalue weighted by Crippen LogP contribution is -2.02. The first-order chi connectivity index (χ1) is 6.63. The molecule has 0 radical (unpaired) electrons. The smallest absolute Gasteiger partial charge is 0.387 e. The average molecular weight is 222 g/mol. The van der Waals surface area contributed by atoms with Crippen molar-refractivity contribution in [3.8, 4) is 5.75 Å². The topological polar surface area (TPSA) is 41.8 Å². The van der Waals surface area contributed by atoms with Crippen LogP contribution in [0.15, 0.2) is 29.4 Å². The molecular weight excluding hydrogens is 216 g/mol. The Morgan fingerprint density at radius 1 is 1.36 bits per heavy atom. The van der Waals surface area contributed by atoms with Crippen LogP contribution in [-0.2, 0) is 0 Å². The van der Waals surface area contributed by atoms with Gasteiger partial charge in [0.05, 0.1) is 0 Å². The molecule has 3 nitrogen and oxygen atoms in total. The molecule has 14 heavy (non-hydrogen) atoms. The summed E-state index contributed by atoms with van der Waals surface area (Å²) in [6.07, 6.45) is 0. The minimum Gasteiger partial charge on any atom is -0.435 e. The van der Waals surface area contributed by atoms with Crippen LogP contribution in [0.1, 0.15) is 5.56 Å². The van der Waals surface area contributed by atoms with Crippen LogP contribution in [-0.4, -0.2) is 17.0 Å². The maximum atomic E-state index is 11.7. The number of rotatable bonds is 3. The van der Waals surface area contributed by atoms with Gasteiger partial charge < -0.3 is 9.94 Å². The lowest BCUT2D eigenvalue weighted by Gasteiger charge is -2.04. The summed E-state index contributed by atoms with van der Waals surface area (Å²) in [6, 6.07) is 5.41. The van der Waals surface area contributed by atoms with Gasteiger partial charge in [-0.1, -0.05) is 16.8 Å². The van der Waals surface area contributed by atoms with Gasteiger partial charge in [-0.3, -0.25) is 0 Å². The highest BCUT2D eigenvalue weighted by atomic mass is 35.5. The molecule has 0 amide bonds. The fraction of sp³-hybridized carbons (Fsp3) is 0.125. The largest absolute Gasteiger partial charge is 0.435 e. The van der Waals surface area contributed by atoms with E-state index in [9.17, 15) is 8.78 Å². The summed E-state index contributed by atoms with van der Waals surface area (Å²) in [5, 5.41) is 10.9. The molecule has 0 saturated heterocycles. The van der Waals surface area contributed by atoms with Crippen molar-refractivity contribution in [1.29, 1.82) is 0 Å². The van der Waals surface area contributed by atoms with Crippen LogP contribution in [0.2, 0.25) is 0 Å². The van der Waals surface area contributed by atoms with Gasteiger partial charge in [0, 0.05) is 5.56 Å². The molecule has 0 aromatic heterocycles. The fourth-order valence-corrected chi connectivity index (χ4v) is 0.958. The Balaban J connectivity index is 2.78. The maximum absolute atomic E-state index is 11.7. The predicted molar refractivity (Wildman–Crippen MR) is 47.3 cm³/mol. The van der Waals surface area contributed by atoms with Crippen LogP contribution in [0.25, 0.3) is 0 Å². The third-order valence-electron chi connectivity index (χ3n) is 1.41. The SMILES string of the molecule is O/N=C(/Cl)c1ccc(OC(F)F)cc1. The molecule has 0 aliphatic carbocycles. The van der Waals surface area contributed by atoms with Gasteiger partial charge in [0.2, 0.25) is 0 Å². The lowest BCUT2D eigenvalue weighted by atomic mass is 10.2. The second kappa shape index (κ2) is 4.76. The quantitative estimate of drug-likeness (QED) is 0.484. The second-order valence-corrected chi connectivity index (χ2v) is 2.65. The molecule has 76 valence electrons. The highest BCUT2D eigenvalue weighted by Gasteiger charge is 2.05. The van der Waals surface area contributed by atoms with Crippen LogP contribution in [0.4, 0.5) is 8.78 Å². The molecule has 0 spiro atoms. The van der Waals surface area contributed by atoms with Crippen LogP contribution in [0.5, 0.6) is 5.75 Å². The Morgan fingerprint density at radius 3 is 2.36 bits per heavy atom. The van der Waals surface area contributed by atoms with Crippen LogP contribution in [0.3, 0.4) is 0 Å². The van der Waals surface area contributed by atoms with Gasteiger partial charge in [-0.05, 0) is 24.3 Å². The molecule has 0 aliphatic heterocycles. The zero-order chi connectivity index (χ0) is 10.6. The number of ether oxygens (including phenoxy) is 1. The van der Waals surface area contributed by atoms with E-state index in [1.54, 1.807) is 0 Å². The van der Waals surface area contributed by atoms with Crippen LogP contribution >= 0.6 is 11.6 Å². The number of halogens is 3. The molecule has 0 atom stereocenters. The van der Waals surface area contributed by atoms with Crippen molar-refractivity contribution in [1.82, 2.24) is 0 Å². The molecular formula is C8H6ClF2NO2. The number of hydrogen-bond acceptors (Lipinski definition) is 3. The van der Waals surface area contributed by atoms with Gasteiger partial charge in [0.25, 0.3) is 0 Å². The monoisotopic (exact) mass is 221 g/mol. The van der Waals surface area contributed by atoms with E-state index in [0.717, 1.165) is 0 Å². The van der Waals surface area contributed by atoms with Gasteiger partial charge in [0.15, 0.2) is 5.17 Å².